The number of aromatic nitrogens is 2. The molecular weight excluding hydrogens is 222 g/mol. The molecule has 1 fully saturated rings. The van der Waals surface area contributed by atoms with E-state index in [4.69, 9.17) is 0 Å². The zero-order valence-corrected chi connectivity index (χ0v) is 11.9. The molecule has 1 heterocycles. The topological polar surface area (TPSA) is 29.9 Å². The van der Waals surface area contributed by atoms with E-state index in [0.717, 1.165) is 30.9 Å². The molecule has 0 aliphatic heterocycles. The Bertz CT molecular complexity index is 345. The van der Waals surface area contributed by atoms with Crippen LogP contribution in [-0.2, 0) is 6.54 Å². The Kier molecular flexibility index (Phi) is 5.09. The number of hydrogen-bond donors (Lipinski definition) is 1. The fraction of sp³-hybridized carbons (Fsp3) is 0.800. The number of nitrogens with zero attached hydrogens (tertiary/aromatic N) is 2. The van der Waals surface area contributed by atoms with Gasteiger partial charge < -0.3 is 9.88 Å². The number of unbranched alkanes of at least 4 members (excludes halogenated alkanes) is 1. The van der Waals surface area contributed by atoms with Gasteiger partial charge in [-0.2, -0.15) is 0 Å². The van der Waals surface area contributed by atoms with Crippen LogP contribution in [0.3, 0.4) is 0 Å². The number of nitrogens with one attached hydrogen (secondary N) is 1. The first kappa shape index (κ1) is 13.4. The van der Waals surface area contributed by atoms with Gasteiger partial charge in [0.1, 0.15) is 0 Å². The van der Waals surface area contributed by atoms with Gasteiger partial charge in [-0.25, -0.2) is 4.98 Å². The van der Waals surface area contributed by atoms with E-state index >= 15 is 0 Å². The lowest BCUT2D eigenvalue weighted by Crippen LogP contribution is -2.22. The summed E-state index contributed by atoms with van der Waals surface area (Å²) >= 11 is 0. The van der Waals surface area contributed by atoms with Crippen molar-refractivity contribution in [2.75, 3.05) is 11.9 Å². The predicted octanol–water partition coefficient (Wildman–Crippen LogP) is 3.92. The second kappa shape index (κ2) is 6.81. The molecule has 0 bridgehead atoms. The van der Waals surface area contributed by atoms with E-state index < -0.39 is 0 Å². The Hall–Kier alpha value is -0.990. The molecule has 102 valence electrons. The molecule has 1 N–H and O–H groups in total. The second-order valence-electron chi connectivity index (χ2n) is 5.71. The summed E-state index contributed by atoms with van der Waals surface area (Å²) in [6, 6.07) is 0. The van der Waals surface area contributed by atoms with E-state index in [1.165, 1.54) is 38.5 Å². The fourth-order valence-corrected chi connectivity index (χ4v) is 2.92. The Morgan fingerprint density at radius 2 is 2.22 bits per heavy atom. The van der Waals surface area contributed by atoms with Gasteiger partial charge in [0, 0.05) is 25.5 Å². The third kappa shape index (κ3) is 3.50. The van der Waals surface area contributed by atoms with E-state index in [9.17, 15) is 0 Å². The minimum absolute atomic E-state index is 0.833. The summed E-state index contributed by atoms with van der Waals surface area (Å²) < 4.78 is 2.31. The van der Waals surface area contributed by atoms with Gasteiger partial charge in [0.25, 0.3) is 0 Å². The third-order valence-corrected chi connectivity index (χ3v) is 4.25. The first-order valence-corrected chi connectivity index (χ1v) is 7.56. The van der Waals surface area contributed by atoms with E-state index in [1.807, 2.05) is 6.20 Å². The molecule has 2 unspecified atom stereocenters. The molecule has 1 aromatic heterocycles. The van der Waals surface area contributed by atoms with Crippen molar-refractivity contribution in [3.05, 3.63) is 12.4 Å². The molecule has 0 spiro atoms. The maximum atomic E-state index is 4.43. The molecule has 0 amide bonds. The van der Waals surface area contributed by atoms with Gasteiger partial charge in [-0.05, 0) is 24.7 Å². The highest BCUT2D eigenvalue weighted by Gasteiger charge is 2.22. The first-order valence-electron chi connectivity index (χ1n) is 7.56. The lowest BCUT2D eigenvalue weighted by atomic mass is 9.80. The molecule has 2 atom stereocenters. The van der Waals surface area contributed by atoms with Crippen LogP contribution in [-0.4, -0.2) is 16.1 Å². The largest absolute Gasteiger partial charge is 0.356 e. The van der Waals surface area contributed by atoms with Crippen LogP contribution in [0.15, 0.2) is 12.4 Å². The Morgan fingerprint density at radius 1 is 1.39 bits per heavy atom. The van der Waals surface area contributed by atoms with Crippen LogP contribution >= 0.6 is 0 Å². The van der Waals surface area contributed by atoms with Gasteiger partial charge in [0.2, 0.25) is 5.95 Å². The molecule has 18 heavy (non-hydrogen) atoms. The van der Waals surface area contributed by atoms with E-state index in [-0.39, 0.29) is 0 Å². The van der Waals surface area contributed by atoms with Crippen LogP contribution in [0.4, 0.5) is 5.95 Å². The van der Waals surface area contributed by atoms with Crippen molar-refractivity contribution in [3.63, 3.8) is 0 Å². The molecule has 0 aromatic carbocycles. The van der Waals surface area contributed by atoms with E-state index in [0.29, 0.717) is 0 Å². The molecular formula is C15H27N3. The van der Waals surface area contributed by atoms with Crippen molar-refractivity contribution in [2.45, 2.75) is 58.9 Å². The van der Waals surface area contributed by atoms with Gasteiger partial charge in [-0.1, -0.05) is 39.5 Å². The number of rotatable bonds is 6. The van der Waals surface area contributed by atoms with Gasteiger partial charge in [-0.3, -0.25) is 0 Å². The summed E-state index contributed by atoms with van der Waals surface area (Å²) in [5.41, 5.74) is 0. The highest BCUT2D eigenvalue weighted by atomic mass is 15.2. The highest BCUT2D eigenvalue weighted by Crippen LogP contribution is 2.31. The fourth-order valence-electron chi connectivity index (χ4n) is 2.92. The SMILES string of the molecule is CCCCNc1nccn1CC1CCCCC1C. The van der Waals surface area contributed by atoms with Crippen molar-refractivity contribution in [3.8, 4) is 0 Å². The number of imidazole rings is 1. The molecule has 1 aliphatic carbocycles. The molecule has 0 saturated heterocycles. The van der Waals surface area contributed by atoms with Gasteiger partial charge in [-0.15, -0.1) is 0 Å². The monoisotopic (exact) mass is 249 g/mol. The minimum atomic E-state index is 0.833. The lowest BCUT2D eigenvalue weighted by molar-refractivity contribution is 0.229. The Balaban J connectivity index is 1.90. The van der Waals surface area contributed by atoms with Crippen molar-refractivity contribution in [2.24, 2.45) is 11.8 Å². The zero-order valence-electron chi connectivity index (χ0n) is 11.9. The van der Waals surface area contributed by atoms with Gasteiger partial charge >= 0.3 is 0 Å². The molecule has 3 nitrogen and oxygen atoms in total. The standard InChI is InChI=1S/C15H27N3/c1-3-4-9-16-15-17-10-11-18(15)12-14-8-6-5-7-13(14)2/h10-11,13-14H,3-9,12H2,1-2H3,(H,16,17). The quantitative estimate of drug-likeness (QED) is 0.774. The average Bonchev–Trinajstić information content (AvgIpc) is 2.80. The Labute approximate surface area is 111 Å². The van der Waals surface area contributed by atoms with E-state index in [2.05, 4.69) is 34.9 Å². The van der Waals surface area contributed by atoms with Crippen LogP contribution in [0, 0.1) is 11.8 Å². The number of hydrogen-bond acceptors (Lipinski definition) is 2. The van der Waals surface area contributed by atoms with Crippen molar-refractivity contribution in [1.29, 1.82) is 0 Å². The summed E-state index contributed by atoms with van der Waals surface area (Å²) in [5, 5.41) is 3.45. The van der Waals surface area contributed by atoms with Crippen molar-refractivity contribution in [1.82, 2.24) is 9.55 Å². The lowest BCUT2D eigenvalue weighted by Gasteiger charge is -2.29. The summed E-state index contributed by atoms with van der Waals surface area (Å²) in [7, 11) is 0. The van der Waals surface area contributed by atoms with Crippen LogP contribution in [0.5, 0.6) is 0 Å². The summed E-state index contributed by atoms with van der Waals surface area (Å²) in [4.78, 5) is 4.43. The van der Waals surface area contributed by atoms with Crippen molar-refractivity contribution >= 4 is 5.95 Å². The Morgan fingerprint density at radius 3 is 3.00 bits per heavy atom. The van der Waals surface area contributed by atoms with Gasteiger partial charge in [0.15, 0.2) is 0 Å². The molecule has 1 saturated carbocycles. The minimum Gasteiger partial charge on any atom is -0.356 e. The number of anilines is 1. The first-order chi connectivity index (χ1) is 8.81. The average molecular weight is 249 g/mol. The van der Waals surface area contributed by atoms with Crippen LogP contribution in [0.1, 0.15) is 52.4 Å². The molecule has 2 rings (SSSR count). The zero-order chi connectivity index (χ0) is 12.8. The smallest absolute Gasteiger partial charge is 0.202 e. The maximum absolute atomic E-state index is 4.43. The highest BCUT2D eigenvalue weighted by molar-refractivity contribution is 5.25. The second-order valence-corrected chi connectivity index (χ2v) is 5.71. The van der Waals surface area contributed by atoms with Gasteiger partial charge in [0.05, 0.1) is 0 Å². The van der Waals surface area contributed by atoms with Crippen LogP contribution in [0.25, 0.3) is 0 Å². The predicted molar refractivity (Wildman–Crippen MR) is 76.7 cm³/mol. The van der Waals surface area contributed by atoms with Crippen molar-refractivity contribution < 1.29 is 0 Å². The summed E-state index contributed by atoms with van der Waals surface area (Å²) in [5.74, 6) is 2.76. The van der Waals surface area contributed by atoms with Crippen LogP contribution in [0.2, 0.25) is 0 Å². The molecule has 3 heteroatoms. The maximum Gasteiger partial charge on any atom is 0.202 e. The normalized spacial score (nSPS) is 24.1. The van der Waals surface area contributed by atoms with E-state index in [1.54, 1.807) is 0 Å². The summed E-state index contributed by atoms with van der Waals surface area (Å²) in [6.45, 7) is 6.80. The molecule has 1 aliphatic rings. The summed E-state index contributed by atoms with van der Waals surface area (Å²) in [6.07, 6.45) is 12.1. The third-order valence-electron chi connectivity index (χ3n) is 4.25. The molecule has 1 aromatic rings. The molecule has 0 radical (unpaired) electrons. The van der Waals surface area contributed by atoms with Crippen LogP contribution < -0.4 is 5.32 Å².